The molecule has 2 aliphatic heterocycles. The molecule has 0 saturated carbocycles. The first-order valence-corrected chi connectivity index (χ1v) is 16.3. The van der Waals surface area contributed by atoms with E-state index in [-0.39, 0.29) is 35.5 Å². The molecule has 236 valence electrons. The number of benzene rings is 1. The number of halogens is 4. The average Bonchev–Trinajstić information content (AvgIpc) is 3.09. The second-order valence-electron chi connectivity index (χ2n) is 11.4. The number of carbonyl (C=O) groups is 1. The van der Waals surface area contributed by atoms with Crippen molar-refractivity contribution in [3.63, 3.8) is 0 Å². The summed E-state index contributed by atoms with van der Waals surface area (Å²) in [5, 5.41) is 6.55. The van der Waals surface area contributed by atoms with Crippen molar-refractivity contribution in [3.05, 3.63) is 88.2 Å². The van der Waals surface area contributed by atoms with Crippen LogP contribution in [0.3, 0.4) is 0 Å². The predicted molar refractivity (Wildman–Crippen MR) is 162 cm³/mol. The van der Waals surface area contributed by atoms with Gasteiger partial charge in [-0.2, -0.15) is 13.1 Å². The van der Waals surface area contributed by atoms with Crippen molar-refractivity contribution in [1.82, 2.24) is 19.6 Å². The molecule has 5 rings (SSSR count). The van der Waals surface area contributed by atoms with E-state index >= 15 is 4.39 Å². The summed E-state index contributed by atoms with van der Waals surface area (Å²) in [5.41, 5.74) is 7.37. The number of nitrogens with zero attached hydrogens (tertiary/aromatic N) is 3. The van der Waals surface area contributed by atoms with Crippen molar-refractivity contribution in [2.75, 3.05) is 24.2 Å². The van der Waals surface area contributed by atoms with Crippen molar-refractivity contribution in [2.24, 2.45) is 5.73 Å². The second-order valence-corrected chi connectivity index (χ2v) is 13.9. The van der Waals surface area contributed by atoms with Crippen molar-refractivity contribution in [2.45, 2.75) is 62.6 Å². The van der Waals surface area contributed by atoms with Gasteiger partial charge >= 0.3 is 0 Å². The highest BCUT2D eigenvalue weighted by atomic mass is 35.5. The molecule has 5 unspecified atom stereocenters. The Morgan fingerprint density at radius 2 is 1.91 bits per heavy atom. The Morgan fingerprint density at radius 3 is 2.59 bits per heavy atom. The van der Waals surface area contributed by atoms with E-state index < -0.39 is 45.3 Å². The van der Waals surface area contributed by atoms with Crippen LogP contribution < -0.4 is 16.4 Å². The molecule has 0 spiro atoms. The summed E-state index contributed by atoms with van der Waals surface area (Å²) < 4.78 is 70.0. The number of hydrogen-bond acceptors (Lipinski definition) is 7. The quantitative estimate of drug-likeness (QED) is 0.317. The number of nitrogens with one attached hydrogen (secondary N) is 2. The zero-order chi connectivity index (χ0) is 31.6. The molecule has 5 atom stereocenters. The maximum atomic E-state index is 15.1. The maximum Gasteiger partial charge on any atom is 0.286 e. The van der Waals surface area contributed by atoms with Gasteiger partial charge in [0.2, 0.25) is 15.9 Å². The molecule has 44 heavy (non-hydrogen) atoms. The number of carbonyl (C=O) groups excluding carboxylic acids is 1. The number of anilines is 1. The molecule has 2 saturated heterocycles. The molecule has 4 N–H and O–H groups in total. The van der Waals surface area contributed by atoms with Crippen LogP contribution in [0, 0.1) is 5.82 Å². The van der Waals surface area contributed by atoms with Gasteiger partial charge in [-0.25, -0.2) is 12.8 Å². The maximum absolute atomic E-state index is 15.1. The Hall–Kier alpha value is -3.10. The highest BCUT2D eigenvalue weighted by Gasteiger charge is 2.38. The van der Waals surface area contributed by atoms with E-state index in [1.165, 1.54) is 28.8 Å². The zero-order valence-electron chi connectivity index (χ0n) is 24.0. The first kappa shape index (κ1) is 32.3. The smallest absolute Gasteiger partial charge is 0.286 e. The molecule has 9 nitrogen and oxygen atoms in total. The summed E-state index contributed by atoms with van der Waals surface area (Å²) in [7, 11) is -3.43. The summed E-state index contributed by atoms with van der Waals surface area (Å²) in [4.78, 5) is 21.4. The van der Waals surface area contributed by atoms with E-state index in [9.17, 15) is 22.0 Å². The average molecular weight is 651 g/mol. The highest BCUT2D eigenvalue weighted by molar-refractivity contribution is 7.89. The van der Waals surface area contributed by atoms with E-state index in [1.807, 2.05) is 0 Å². The van der Waals surface area contributed by atoms with Gasteiger partial charge in [-0.3, -0.25) is 14.8 Å². The number of hydrogen-bond donors (Lipinski definition) is 3. The molecule has 0 radical (unpaired) electrons. The lowest BCUT2D eigenvalue weighted by Gasteiger charge is -2.37. The van der Waals surface area contributed by atoms with Gasteiger partial charge < -0.3 is 16.4 Å². The topological polar surface area (TPSA) is 130 Å². The summed E-state index contributed by atoms with van der Waals surface area (Å²) in [6.45, 7) is 1.56. The SMILES string of the molecule is CC(F)(F)c1ccc(C(c2ccc(Cl)cc2)C(N)C(=O)Nc2cncc(F)c2CCC2CNC3CCCS(=O)(=O)N2C3)cn1. The number of nitrogens with two attached hydrogens (primary N) is 1. The van der Waals surface area contributed by atoms with E-state index in [2.05, 4.69) is 20.6 Å². The Kier molecular flexibility index (Phi) is 9.61. The molecule has 1 amide bonds. The van der Waals surface area contributed by atoms with Gasteiger partial charge in [0.25, 0.3) is 5.92 Å². The summed E-state index contributed by atoms with van der Waals surface area (Å²) in [6, 6.07) is 7.71. The molecular weight excluding hydrogens is 617 g/mol. The van der Waals surface area contributed by atoms with Crippen LogP contribution in [0.4, 0.5) is 18.9 Å². The van der Waals surface area contributed by atoms with E-state index in [4.69, 9.17) is 17.3 Å². The number of fused-ring (bicyclic) bond motifs is 2. The van der Waals surface area contributed by atoms with Crippen molar-refractivity contribution >= 4 is 33.2 Å². The van der Waals surface area contributed by atoms with E-state index in [1.54, 1.807) is 24.3 Å². The summed E-state index contributed by atoms with van der Waals surface area (Å²) in [6.07, 6.45) is 5.44. The third kappa shape index (κ3) is 7.23. The van der Waals surface area contributed by atoms with Crippen molar-refractivity contribution in [1.29, 1.82) is 0 Å². The Labute approximate surface area is 259 Å². The molecule has 3 aromatic rings. The third-order valence-corrected chi connectivity index (χ3v) is 10.5. The minimum Gasteiger partial charge on any atom is -0.323 e. The molecule has 2 aliphatic rings. The Morgan fingerprint density at radius 1 is 1.18 bits per heavy atom. The Bertz CT molecular complexity index is 1590. The molecule has 2 fully saturated rings. The van der Waals surface area contributed by atoms with Gasteiger partial charge in [-0.05, 0) is 55.0 Å². The fourth-order valence-electron chi connectivity index (χ4n) is 5.87. The molecule has 1 aromatic carbocycles. The number of sulfonamides is 1. The van der Waals surface area contributed by atoms with Gasteiger partial charge in [-0.15, -0.1) is 0 Å². The minimum atomic E-state index is -3.43. The Balaban J connectivity index is 1.37. The highest BCUT2D eigenvalue weighted by Crippen LogP contribution is 2.32. The number of alkyl halides is 2. The van der Waals surface area contributed by atoms with Gasteiger partial charge in [0.15, 0.2) is 0 Å². The molecule has 2 aromatic heterocycles. The molecule has 4 heterocycles. The number of amides is 1. The van der Waals surface area contributed by atoms with Crippen molar-refractivity contribution < 1.29 is 26.4 Å². The van der Waals surface area contributed by atoms with Crippen molar-refractivity contribution in [3.8, 4) is 0 Å². The van der Waals surface area contributed by atoms with E-state index in [0.717, 1.165) is 19.5 Å². The van der Waals surface area contributed by atoms with Gasteiger partial charge in [-0.1, -0.05) is 29.8 Å². The fraction of sp³-hybridized carbons (Fsp3) is 0.433. The minimum absolute atomic E-state index is 0.0817. The van der Waals surface area contributed by atoms with Crippen LogP contribution >= 0.6 is 11.6 Å². The molecular formula is C30H34ClF3N6O3S. The normalized spacial score (nSPS) is 22.9. The molecule has 2 bridgehead atoms. The summed E-state index contributed by atoms with van der Waals surface area (Å²) in [5.74, 6) is -5.19. The van der Waals surface area contributed by atoms with Crippen LogP contribution in [0.2, 0.25) is 5.02 Å². The number of rotatable bonds is 9. The molecule has 0 aliphatic carbocycles. The number of pyridine rings is 2. The lowest BCUT2D eigenvalue weighted by atomic mass is 9.85. The van der Waals surface area contributed by atoms with E-state index in [0.29, 0.717) is 42.1 Å². The number of aromatic nitrogens is 2. The first-order valence-electron chi connectivity index (χ1n) is 14.3. The van der Waals surface area contributed by atoms with Gasteiger partial charge in [0, 0.05) is 54.8 Å². The second kappa shape index (κ2) is 13.1. The van der Waals surface area contributed by atoms with Crippen LogP contribution in [0.25, 0.3) is 0 Å². The van der Waals surface area contributed by atoms with Gasteiger partial charge in [0.1, 0.15) is 11.5 Å². The first-order chi connectivity index (χ1) is 20.8. The van der Waals surface area contributed by atoms with Crippen LogP contribution in [-0.2, 0) is 27.2 Å². The number of piperazine rings is 1. The van der Waals surface area contributed by atoms with Crippen LogP contribution in [0.15, 0.2) is 55.0 Å². The predicted octanol–water partition coefficient (Wildman–Crippen LogP) is 4.18. The van der Waals surface area contributed by atoms with Crippen LogP contribution in [0.5, 0.6) is 0 Å². The van der Waals surface area contributed by atoms with Crippen LogP contribution in [0.1, 0.15) is 54.5 Å². The lowest BCUT2D eigenvalue weighted by Crippen LogP contribution is -2.57. The monoisotopic (exact) mass is 650 g/mol. The zero-order valence-corrected chi connectivity index (χ0v) is 25.6. The van der Waals surface area contributed by atoms with Crippen LogP contribution in [-0.4, -0.2) is 65.6 Å². The lowest BCUT2D eigenvalue weighted by molar-refractivity contribution is -0.117. The third-order valence-electron chi connectivity index (χ3n) is 8.24. The summed E-state index contributed by atoms with van der Waals surface area (Å²) >= 11 is 6.06. The standard InChI is InChI=1S/C30H34ClF3N6O3S/c1-30(33,34)26-11-6-19(13-38-26)27(18-4-7-20(31)8-5-18)28(35)29(41)39-25-16-36-15-24(32)23(25)10-9-22-14-37-21-3-2-12-44(42,43)40(22)17-21/h4-8,11,13,15-16,21-22,27-28,37H,2-3,9-10,12,14,17,35H2,1H3,(H,39,41). The largest absolute Gasteiger partial charge is 0.323 e. The fourth-order valence-corrected chi connectivity index (χ4v) is 7.81. The van der Waals surface area contributed by atoms with Gasteiger partial charge in [0.05, 0.1) is 29.9 Å². The molecule has 14 heteroatoms.